The number of aromatic nitrogens is 3. The summed E-state index contributed by atoms with van der Waals surface area (Å²) in [6.07, 6.45) is 4.65. The lowest BCUT2D eigenvalue weighted by atomic mass is 10.0. The van der Waals surface area contributed by atoms with Crippen molar-refractivity contribution in [1.82, 2.24) is 15.0 Å². The van der Waals surface area contributed by atoms with E-state index in [2.05, 4.69) is 27.9 Å². The first kappa shape index (κ1) is 16.8. The van der Waals surface area contributed by atoms with Crippen molar-refractivity contribution >= 4 is 5.82 Å². The molecule has 3 heterocycles. The third kappa shape index (κ3) is 4.07. The van der Waals surface area contributed by atoms with Gasteiger partial charge in [-0.05, 0) is 31.0 Å². The van der Waals surface area contributed by atoms with Crippen LogP contribution in [-0.4, -0.2) is 41.8 Å². The molecule has 6 heteroatoms. The van der Waals surface area contributed by atoms with Gasteiger partial charge in [-0.25, -0.2) is 9.97 Å². The van der Waals surface area contributed by atoms with E-state index in [4.69, 9.17) is 14.5 Å². The summed E-state index contributed by atoms with van der Waals surface area (Å²) in [5, 5.41) is 0. The Morgan fingerprint density at radius 2 is 2.12 bits per heavy atom. The summed E-state index contributed by atoms with van der Waals surface area (Å²) in [7, 11) is 1.67. The average molecular weight is 328 g/mol. The van der Waals surface area contributed by atoms with E-state index in [1.165, 1.54) is 5.56 Å². The predicted octanol–water partition coefficient (Wildman–Crippen LogP) is 2.55. The van der Waals surface area contributed by atoms with Crippen molar-refractivity contribution in [2.24, 2.45) is 0 Å². The molecule has 6 nitrogen and oxygen atoms in total. The van der Waals surface area contributed by atoms with Gasteiger partial charge in [0.25, 0.3) is 0 Å². The van der Waals surface area contributed by atoms with Gasteiger partial charge in [0.2, 0.25) is 0 Å². The van der Waals surface area contributed by atoms with Crippen LogP contribution >= 0.6 is 0 Å². The van der Waals surface area contributed by atoms with Gasteiger partial charge in [-0.15, -0.1) is 0 Å². The average Bonchev–Trinajstić information content (AvgIpc) is 3.15. The fourth-order valence-corrected chi connectivity index (χ4v) is 2.90. The van der Waals surface area contributed by atoms with Crippen LogP contribution in [0.2, 0.25) is 0 Å². The Hall–Kier alpha value is -2.05. The molecule has 0 N–H and O–H groups in total. The van der Waals surface area contributed by atoms with Crippen molar-refractivity contribution in [3.8, 4) is 0 Å². The van der Waals surface area contributed by atoms with Gasteiger partial charge in [0.05, 0.1) is 12.3 Å². The van der Waals surface area contributed by atoms with Crippen LogP contribution in [0.5, 0.6) is 0 Å². The summed E-state index contributed by atoms with van der Waals surface area (Å²) < 4.78 is 10.8. The van der Waals surface area contributed by atoms with E-state index in [0.29, 0.717) is 12.5 Å². The quantitative estimate of drug-likeness (QED) is 0.778. The summed E-state index contributed by atoms with van der Waals surface area (Å²) in [4.78, 5) is 15.7. The Kier molecular flexibility index (Phi) is 5.72. The SMILES string of the molecule is CCN(Cc1ccncc1)c1cc(C2CCOC2)nc(COC)n1. The summed E-state index contributed by atoms with van der Waals surface area (Å²) in [6.45, 7) is 5.76. The molecule has 1 unspecified atom stereocenters. The largest absolute Gasteiger partial charge is 0.381 e. The molecule has 128 valence electrons. The lowest BCUT2D eigenvalue weighted by Gasteiger charge is -2.23. The monoisotopic (exact) mass is 328 g/mol. The molecule has 2 aromatic rings. The van der Waals surface area contributed by atoms with Gasteiger partial charge in [-0.2, -0.15) is 0 Å². The molecular formula is C18H24N4O2. The molecule has 2 aromatic heterocycles. The van der Waals surface area contributed by atoms with E-state index in [9.17, 15) is 0 Å². The molecule has 0 aromatic carbocycles. The normalized spacial score (nSPS) is 17.2. The van der Waals surface area contributed by atoms with Crippen LogP contribution in [0.25, 0.3) is 0 Å². The van der Waals surface area contributed by atoms with Crippen molar-refractivity contribution in [2.75, 3.05) is 31.8 Å². The molecule has 1 fully saturated rings. The minimum atomic E-state index is 0.349. The van der Waals surface area contributed by atoms with Gasteiger partial charge in [0, 0.05) is 51.2 Å². The first-order valence-electron chi connectivity index (χ1n) is 8.38. The predicted molar refractivity (Wildman–Crippen MR) is 91.9 cm³/mol. The molecule has 0 aliphatic carbocycles. The van der Waals surface area contributed by atoms with Gasteiger partial charge >= 0.3 is 0 Å². The van der Waals surface area contributed by atoms with Crippen LogP contribution in [0.1, 0.15) is 36.3 Å². The van der Waals surface area contributed by atoms with Gasteiger partial charge < -0.3 is 14.4 Å². The van der Waals surface area contributed by atoms with E-state index in [1.807, 2.05) is 24.5 Å². The third-order valence-corrected chi connectivity index (χ3v) is 4.23. The lowest BCUT2D eigenvalue weighted by molar-refractivity contribution is 0.177. The molecule has 1 saturated heterocycles. The second kappa shape index (κ2) is 8.17. The number of methoxy groups -OCH3 is 1. The highest BCUT2D eigenvalue weighted by Crippen LogP contribution is 2.27. The highest BCUT2D eigenvalue weighted by Gasteiger charge is 2.22. The Bertz CT molecular complexity index is 645. The molecule has 1 aliphatic heterocycles. The first-order valence-corrected chi connectivity index (χ1v) is 8.38. The number of hydrogen-bond acceptors (Lipinski definition) is 6. The van der Waals surface area contributed by atoms with Crippen LogP contribution in [0.15, 0.2) is 30.6 Å². The lowest BCUT2D eigenvalue weighted by Crippen LogP contribution is -2.24. The Labute approximate surface area is 142 Å². The molecular weight excluding hydrogens is 304 g/mol. The Morgan fingerprint density at radius 3 is 2.79 bits per heavy atom. The topological polar surface area (TPSA) is 60.4 Å². The van der Waals surface area contributed by atoms with Crippen LogP contribution in [0, 0.1) is 0 Å². The molecule has 0 amide bonds. The maximum atomic E-state index is 5.52. The number of pyridine rings is 1. The number of rotatable bonds is 7. The second-order valence-corrected chi connectivity index (χ2v) is 5.93. The molecule has 1 aliphatic rings. The number of nitrogens with zero attached hydrogens (tertiary/aromatic N) is 4. The van der Waals surface area contributed by atoms with E-state index >= 15 is 0 Å². The van der Waals surface area contributed by atoms with Gasteiger partial charge in [-0.3, -0.25) is 4.98 Å². The zero-order valence-corrected chi connectivity index (χ0v) is 14.3. The molecule has 3 rings (SSSR count). The summed E-state index contributed by atoms with van der Waals surface area (Å²) in [5.41, 5.74) is 2.27. The Balaban J connectivity index is 1.88. The first-order chi connectivity index (χ1) is 11.8. The minimum Gasteiger partial charge on any atom is -0.381 e. The maximum absolute atomic E-state index is 5.52. The van der Waals surface area contributed by atoms with Gasteiger partial charge in [-0.1, -0.05) is 0 Å². The molecule has 0 saturated carbocycles. The highest BCUT2D eigenvalue weighted by atomic mass is 16.5. The summed E-state index contributed by atoms with van der Waals surface area (Å²) >= 11 is 0. The summed E-state index contributed by atoms with van der Waals surface area (Å²) in [5.74, 6) is 2.02. The smallest absolute Gasteiger partial charge is 0.156 e. The van der Waals surface area contributed by atoms with Crippen molar-refractivity contribution in [3.05, 3.63) is 47.7 Å². The van der Waals surface area contributed by atoms with E-state index < -0.39 is 0 Å². The van der Waals surface area contributed by atoms with Crippen LogP contribution in [0.3, 0.4) is 0 Å². The molecule has 0 bridgehead atoms. The summed E-state index contributed by atoms with van der Waals surface area (Å²) in [6, 6.07) is 6.17. The fourth-order valence-electron chi connectivity index (χ4n) is 2.90. The van der Waals surface area contributed by atoms with Crippen molar-refractivity contribution in [2.45, 2.75) is 32.4 Å². The van der Waals surface area contributed by atoms with Crippen molar-refractivity contribution in [3.63, 3.8) is 0 Å². The fraction of sp³-hybridized carbons (Fsp3) is 0.500. The molecule has 0 radical (unpaired) electrons. The minimum absolute atomic E-state index is 0.349. The third-order valence-electron chi connectivity index (χ3n) is 4.23. The molecule has 24 heavy (non-hydrogen) atoms. The van der Waals surface area contributed by atoms with Gasteiger partial charge in [0.1, 0.15) is 12.4 Å². The van der Waals surface area contributed by atoms with Crippen LogP contribution < -0.4 is 4.90 Å². The standard InChI is InChI=1S/C18H24N4O2/c1-3-22(11-14-4-7-19-8-5-14)18-10-16(15-6-9-24-12-15)20-17(21-18)13-23-2/h4-5,7-8,10,15H,3,6,9,11-13H2,1-2H3. The molecule has 0 spiro atoms. The molecule has 1 atom stereocenters. The Morgan fingerprint density at radius 1 is 1.29 bits per heavy atom. The number of hydrogen-bond donors (Lipinski definition) is 0. The van der Waals surface area contributed by atoms with Gasteiger partial charge in [0.15, 0.2) is 5.82 Å². The van der Waals surface area contributed by atoms with E-state index in [1.54, 1.807) is 7.11 Å². The zero-order chi connectivity index (χ0) is 16.8. The van der Waals surface area contributed by atoms with Crippen LogP contribution in [0.4, 0.5) is 5.82 Å². The van der Waals surface area contributed by atoms with Crippen molar-refractivity contribution in [1.29, 1.82) is 0 Å². The maximum Gasteiger partial charge on any atom is 0.156 e. The van der Waals surface area contributed by atoms with E-state index in [-0.39, 0.29) is 0 Å². The zero-order valence-electron chi connectivity index (χ0n) is 14.3. The number of anilines is 1. The van der Waals surface area contributed by atoms with E-state index in [0.717, 1.165) is 50.1 Å². The number of ether oxygens (including phenoxy) is 2. The van der Waals surface area contributed by atoms with Crippen LogP contribution in [-0.2, 0) is 22.6 Å². The second-order valence-electron chi connectivity index (χ2n) is 5.93. The highest BCUT2D eigenvalue weighted by molar-refractivity contribution is 5.41. The van der Waals surface area contributed by atoms with Crippen molar-refractivity contribution < 1.29 is 9.47 Å².